The molecule has 2 aromatic carbocycles. The molecule has 0 unspecified atom stereocenters. The zero-order chi connectivity index (χ0) is 24.2. The van der Waals surface area contributed by atoms with Gasteiger partial charge >= 0.3 is 0 Å². The van der Waals surface area contributed by atoms with Crippen molar-refractivity contribution in [3.63, 3.8) is 0 Å². The topological polar surface area (TPSA) is 102 Å². The van der Waals surface area contributed by atoms with Crippen LogP contribution in [-0.4, -0.2) is 47.3 Å². The molecule has 5 rings (SSSR count). The van der Waals surface area contributed by atoms with Crippen LogP contribution in [0.15, 0.2) is 47.5 Å². The summed E-state index contributed by atoms with van der Waals surface area (Å²) in [6.07, 6.45) is 6.59. The Morgan fingerprint density at radius 1 is 1.14 bits per heavy atom. The van der Waals surface area contributed by atoms with Crippen LogP contribution in [0.4, 0.5) is 5.69 Å². The molecule has 0 spiro atoms. The maximum Gasteiger partial charge on any atom is 0.251 e. The maximum absolute atomic E-state index is 12.8. The number of aromatic nitrogens is 2. The van der Waals surface area contributed by atoms with E-state index in [9.17, 15) is 9.59 Å². The molecule has 8 nitrogen and oxygen atoms in total. The van der Waals surface area contributed by atoms with Gasteiger partial charge in [0.2, 0.25) is 11.8 Å². The second-order valence-electron chi connectivity index (χ2n) is 8.94. The summed E-state index contributed by atoms with van der Waals surface area (Å²) in [5, 5.41) is 6.01. The number of methoxy groups -OCH3 is 1. The van der Waals surface area contributed by atoms with Crippen molar-refractivity contribution < 1.29 is 19.1 Å². The lowest BCUT2D eigenvalue weighted by Crippen LogP contribution is -2.37. The number of carbonyl (C=O) groups excluding carboxylic acids is 2. The van der Waals surface area contributed by atoms with Crippen molar-refractivity contribution in [3.8, 4) is 11.6 Å². The van der Waals surface area contributed by atoms with E-state index < -0.39 is 0 Å². The van der Waals surface area contributed by atoms with Gasteiger partial charge in [-0.3, -0.25) is 9.59 Å². The van der Waals surface area contributed by atoms with Crippen LogP contribution in [0.1, 0.15) is 42.5 Å². The van der Waals surface area contributed by atoms with Crippen LogP contribution in [0.25, 0.3) is 11.0 Å². The number of nitrogens with one attached hydrogen (secondary N) is 2. The Morgan fingerprint density at radius 2 is 2.00 bits per heavy atom. The van der Waals surface area contributed by atoms with Gasteiger partial charge in [0.1, 0.15) is 5.75 Å². The van der Waals surface area contributed by atoms with Crippen LogP contribution in [0.3, 0.4) is 0 Å². The lowest BCUT2D eigenvalue weighted by atomic mass is 9.84. The molecule has 2 N–H and O–H groups in total. The van der Waals surface area contributed by atoms with Gasteiger partial charge in [-0.1, -0.05) is 0 Å². The number of hydrogen-bond acceptors (Lipinski definition) is 7. The van der Waals surface area contributed by atoms with E-state index in [0.717, 1.165) is 59.5 Å². The Bertz CT molecular complexity index is 1240. The standard InChI is InChI=1S/C26H28N4O4S/c1-33-19-7-8-20-21(13-19)30-25(14-27-20)34-11-10-16-2-5-18(6-3-16)28-26(32)17-4-9-23-22(12-17)29-24(31)15-35-23/h4,7-9,12-14,16,18H,2-3,5-6,10-11,15H2,1H3,(H,28,32)(H,29,31)/t16-,18-. The fourth-order valence-electron chi connectivity index (χ4n) is 4.59. The second kappa shape index (κ2) is 10.5. The minimum Gasteiger partial charge on any atom is -0.497 e. The number of benzene rings is 2. The fourth-order valence-corrected chi connectivity index (χ4v) is 5.38. The van der Waals surface area contributed by atoms with E-state index in [0.29, 0.717) is 29.7 Å². The van der Waals surface area contributed by atoms with Gasteiger partial charge in [-0.2, -0.15) is 0 Å². The number of anilines is 1. The zero-order valence-electron chi connectivity index (χ0n) is 19.6. The van der Waals surface area contributed by atoms with Gasteiger partial charge in [-0.15, -0.1) is 11.8 Å². The van der Waals surface area contributed by atoms with E-state index in [-0.39, 0.29) is 17.9 Å². The van der Waals surface area contributed by atoms with Gasteiger partial charge in [0, 0.05) is 22.6 Å². The molecule has 0 atom stereocenters. The number of fused-ring (bicyclic) bond motifs is 2. The minimum atomic E-state index is -0.0871. The highest BCUT2D eigenvalue weighted by molar-refractivity contribution is 8.00. The first-order chi connectivity index (χ1) is 17.1. The van der Waals surface area contributed by atoms with Crippen molar-refractivity contribution >= 4 is 40.3 Å². The molecule has 3 aromatic rings. The van der Waals surface area contributed by atoms with E-state index in [1.54, 1.807) is 19.4 Å². The number of thioether (sulfide) groups is 1. The summed E-state index contributed by atoms with van der Waals surface area (Å²) in [7, 11) is 1.63. The Labute approximate surface area is 208 Å². The highest BCUT2D eigenvalue weighted by Gasteiger charge is 2.24. The van der Waals surface area contributed by atoms with Gasteiger partial charge in [-0.25, -0.2) is 9.97 Å². The first-order valence-corrected chi connectivity index (χ1v) is 12.9. The summed E-state index contributed by atoms with van der Waals surface area (Å²) in [5.41, 5.74) is 2.85. The van der Waals surface area contributed by atoms with E-state index in [2.05, 4.69) is 20.6 Å². The van der Waals surface area contributed by atoms with Crippen LogP contribution in [0.2, 0.25) is 0 Å². The molecular weight excluding hydrogens is 464 g/mol. The number of ether oxygens (including phenoxy) is 2. The third-order valence-corrected chi connectivity index (χ3v) is 7.63. The lowest BCUT2D eigenvalue weighted by molar-refractivity contribution is -0.113. The Morgan fingerprint density at radius 3 is 2.83 bits per heavy atom. The van der Waals surface area contributed by atoms with Crippen molar-refractivity contribution in [1.82, 2.24) is 15.3 Å². The fraction of sp³-hybridized carbons (Fsp3) is 0.385. The SMILES string of the molecule is COc1ccc2ncc(OCC[C@H]3CC[C@H](NC(=O)c4ccc5c(c4)NC(=O)CS5)CC3)nc2c1. The second-order valence-corrected chi connectivity index (χ2v) is 9.96. The number of rotatable bonds is 7. The Kier molecular flexibility index (Phi) is 7.03. The summed E-state index contributed by atoms with van der Waals surface area (Å²) < 4.78 is 11.1. The predicted molar refractivity (Wildman–Crippen MR) is 135 cm³/mol. The van der Waals surface area contributed by atoms with Crippen molar-refractivity contribution in [2.45, 2.75) is 43.0 Å². The van der Waals surface area contributed by atoms with Crippen molar-refractivity contribution in [2.24, 2.45) is 5.92 Å². The van der Waals surface area contributed by atoms with Gasteiger partial charge in [0.25, 0.3) is 5.91 Å². The number of amides is 2. The largest absolute Gasteiger partial charge is 0.497 e. The predicted octanol–water partition coefficient (Wildman–Crippen LogP) is 4.44. The lowest BCUT2D eigenvalue weighted by Gasteiger charge is -2.29. The highest BCUT2D eigenvalue weighted by Crippen LogP contribution is 2.32. The molecule has 182 valence electrons. The average Bonchev–Trinajstić information content (AvgIpc) is 2.88. The first kappa shape index (κ1) is 23.4. The monoisotopic (exact) mass is 492 g/mol. The molecule has 1 aliphatic carbocycles. The molecule has 2 aliphatic rings. The van der Waals surface area contributed by atoms with E-state index in [1.165, 1.54) is 11.8 Å². The molecule has 35 heavy (non-hydrogen) atoms. The van der Waals surface area contributed by atoms with Crippen LogP contribution in [0.5, 0.6) is 11.6 Å². The van der Waals surface area contributed by atoms with Gasteiger partial charge < -0.3 is 20.1 Å². The zero-order valence-corrected chi connectivity index (χ0v) is 20.4. The quantitative estimate of drug-likeness (QED) is 0.503. The van der Waals surface area contributed by atoms with E-state index in [4.69, 9.17) is 9.47 Å². The third-order valence-electron chi connectivity index (χ3n) is 6.56. The molecule has 2 amide bonds. The molecule has 1 fully saturated rings. The smallest absolute Gasteiger partial charge is 0.251 e. The summed E-state index contributed by atoms with van der Waals surface area (Å²) in [6.45, 7) is 0.588. The molecule has 0 saturated heterocycles. The summed E-state index contributed by atoms with van der Waals surface area (Å²) in [5.74, 6) is 2.12. The van der Waals surface area contributed by atoms with Gasteiger partial charge in [0.15, 0.2) is 0 Å². The van der Waals surface area contributed by atoms with Crippen molar-refractivity contribution in [3.05, 3.63) is 48.2 Å². The highest BCUT2D eigenvalue weighted by atomic mass is 32.2. The summed E-state index contributed by atoms with van der Waals surface area (Å²) in [4.78, 5) is 34.3. The first-order valence-electron chi connectivity index (χ1n) is 11.9. The third kappa shape index (κ3) is 5.67. The summed E-state index contributed by atoms with van der Waals surface area (Å²) in [6, 6.07) is 11.3. The maximum atomic E-state index is 12.8. The van der Waals surface area contributed by atoms with E-state index >= 15 is 0 Å². The molecular formula is C26H28N4O4S. The normalized spacial score (nSPS) is 19.5. The van der Waals surface area contributed by atoms with Crippen LogP contribution >= 0.6 is 11.8 Å². The summed E-state index contributed by atoms with van der Waals surface area (Å²) >= 11 is 1.49. The molecule has 9 heteroatoms. The number of carbonyl (C=O) groups is 2. The Hall–Kier alpha value is -3.33. The minimum absolute atomic E-state index is 0.0322. The van der Waals surface area contributed by atoms with Gasteiger partial charge in [0.05, 0.1) is 42.4 Å². The molecule has 2 heterocycles. The number of hydrogen-bond donors (Lipinski definition) is 2. The molecule has 1 saturated carbocycles. The van der Waals surface area contributed by atoms with E-state index in [1.807, 2.05) is 30.3 Å². The molecule has 1 aromatic heterocycles. The van der Waals surface area contributed by atoms with Crippen LogP contribution < -0.4 is 20.1 Å². The van der Waals surface area contributed by atoms with Crippen molar-refractivity contribution in [1.29, 1.82) is 0 Å². The average molecular weight is 493 g/mol. The molecule has 0 radical (unpaired) electrons. The Balaban J connectivity index is 1.07. The van der Waals surface area contributed by atoms with Gasteiger partial charge in [-0.05, 0) is 68.4 Å². The van der Waals surface area contributed by atoms with Crippen LogP contribution in [0, 0.1) is 5.92 Å². The van der Waals surface area contributed by atoms with Crippen LogP contribution in [-0.2, 0) is 4.79 Å². The molecule has 0 bridgehead atoms. The number of nitrogens with zero attached hydrogens (tertiary/aromatic N) is 2. The molecule has 1 aliphatic heterocycles. The van der Waals surface area contributed by atoms with Crippen molar-refractivity contribution in [2.75, 3.05) is 24.8 Å².